The van der Waals surface area contributed by atoms with Crippen LogP contribution in [0.4, 0.5) is 0 Å². The largest absolute Gasteiger partial charge is 0.452 e. The maximum Gasteiger partial charge on any atom is 0.183 e. The number of hydrogen-bond donors (Lipinski definition) is 1. The van der Waals surface area contributed by atoms with Gasteiger partial charge in [-0.3, -0.25) is 0 Å². The fourth-order valence-electron chi connectivity index (χ4n) is 1.12. The van der Waals surface area contributed by atoms with Crippen LogP contribution in [0.3, 0.4) is 0 Å². The number of furan rings is 1. The van der Waals surface area contributed by atoms with E-state index >= 15 is 0 Å². The molecule has 0 amide bonds. The first-order valence-corrected chi connectivity index (χ1v) is 6.80. The molecule has 0 saturated carbocycles. The molecular formula is C9H8Br2N2OS. The van der Waals surface area contributed by atoms with Gasteiger partial charge in [-0.15, -0.1) is 11.3 Å². The number of thiazole rings is 1. The Labute approximate surface area is 108 Å². The highest BCUT2D eigenvalue weighted by atomic mass is 79.9. The minimum absolute atomic E-state index is 0.696. The molecule has 2 aromatic heterocycles. The summed E-state index contributed by atoms with van der Waals surface area (Å²) in [5.41, 5.74) is 2.89. The average molecular weight is 352 g/mol. The molecule has 0 atom stereocenters. The van der Waals surface area contributed by atoms with Gasteiger partial charge in [-0.05, 0) is 37.9 Å². The lowest BCUT2D eigenvalue weighted by atomic mass is 10.4. The molecule has 0 spiro atoms. The molecule has 1 N–H and O–H groups in total. The molecule has 0 bridgehead atoms. The molecule has 0 aromatic carbocycles. The number of hydrogen-bond acceptors (Lipinski definition) is 4. The van der Waals surface area contributed by atoms with Gasteiger partial charge in [0.1, 0.15) is 5.76 Å². The quantitative estimate of drug-likeness (QED) is 0.915. The number of aromatic nitrogens is 1. The predicted octanol–water partition coefficient (Wildman–Crippen LogP) is 3.55. The average Bonchev–Trinajstić information content (AvgIpc) is 2.79. The zero-order chi connectivity index (χ0) is 10.7. The van der Waals surface area contributed by atoms with Gasteiger partial charge in [0, 0.05) is 11.9 Å². The molecule has 2 heterocycles. The maximum atomic E-state index is 5.42. The Morgan fingerprint density at radius 2 is 2.27 bits per heavy atom. The summed E-state index contributed by atoms with van der Waals surface area (Å²) in [6, 6.07) is 1.94. The lowest BCUT2D eigenvalue weighted by Crippen LogP contribution is -2.12. The Kier molecular flexibility index (Phi) is 3.96. The van der Waals surface area contributed by atoms with Crippen molar-refractivity contribution in [3.63, 3.8) is 0 Å². The number of halogens is 2. The number of nitrogens with zero attached hydrogens (tertiary/aromatic N) is 1. The first-order valence-electron chi connectivity index (χ1n) is 4.27. The summed E-state index contributed by atoms with van der Waals surface area (Å²) in [6.45, 7) is 1.46. The molecule has 0 aliphatic carbocycles. The molecular weight excluding hydrogens is 344 g/mol. The van der Waals surface area contributed by atoms with E-state index in [4.69, 9.17) is 4.42 Å². The highest BCUT2D eigenvalue weighted by molar-refractivity contribution is 9.13. The summed E-state index contributed by atoms with van der Waals surface area (Å²) in [4.78, 5) is 4.18. The van der Waals surface area contributed by atoms with Crippen LogP contribution in [0.15, 0.2) is 30.5 Å². The van der Waals surface area contributed by atoms with Crippen molar-refractivity contribution in [2.24, 2.45) is 0 Å². The van der Waals surface area contributed by atoms with E-state index in [0.29, 0.717) is 6.54 Å². The minimum atomic E-state index is 0.696. The van der Waals surface area contributed by atoms with Gasteiger partial charge < -0.3 is 9.73 Å². The van der Waals surface area contributed by atoms with Gasteiger partial charge in [-0.2, -0.15) is 0 Å². The smallest absolute Gasteiger partial charge is 0.183 e. The second kappa shape index (κ2) is 5.25. The van der Waals surface area contributed by atoms with Gasteiger partial charge in [0.15, 0.2) is 4.67 Å². The lowest BCUT2D eigenvalue weighted by molar-refractivity contribution is 0.463. The fourth-order valence-corrected chi connectivity index (χ4v) is 2.33. The Bertz CT molecular complexity index is 408. The van der Waals surface area contributed by atoms with Crippen LogP contribution in [-0.2, 0) is 13.1 Å². The Balaban J connectivity index is 1.83. The zero-order valence-electron chi connectivity index (χ0n) is 7.67. The number of rotatable bonds is 4. The summed E-state index contributed by atoms with van der Waals surface area (Å²) < 4.78 is 7.09. The first kappa shape index (κ1) is 11.3. The molecule has 2 rings (SSSR count). The normalized spacial score (nSPS) is 10.8. The van der Waals surface area contributed by atoms with Crippen LogP contribution in [0.5, 0.6) is 0 Å². The molecule has 80 valence electrons. The molecule has 2 aromatic rings. The lowest BCUT2D eigenvalue weighted by Gasteiger charge is -1.98. The molecule has 3 nitrogen and oxygen atoms in total. The van der Waals surface area contributed by atoms with Gasteiger partial charge in [0.05, 0.1) is 22.2 Å². The third kappa shape index (κ3) is 3.14. The third-order valence-corrected chi connectivity index (χ3v) is 4.13. The standard InChI is InChI=1S/C9H8Br2N2OS/c10-8-1-7(14-9(8)11)3-12-2-6-4-15-5-13-6/h1,4-5,12H,2-3H2. The fraction of sp³-hybridized carbons (Fsp3) is 0.222. The van der Waals surface area contributed by atoms with Crippen molar-refractivity contribution in [3.05, 3.63) is 37.6 Å². The second-order valence-electron chi connectivity index (χ2n) is 2.92. The van der Waals surface area contributed by atoms with E-state index in [-0.39, 0.29) is 0 Å². The highest BCUT2D eigenvalue weighted by Crippen LogP contribution is 2.26. The Morgan fingerprint density at radius 3 is 2.87 bits per heavy atom. The SMILES string of the molecule is Brc1cc(CNCc2cscn2)oc1Br. The van der Waals surface area contributed by atoms with Crippen molar-refractivity contribution >= 4 is 43.2 Å². The van der Waals surface area contributed by atoms with Gasteiger partial charge >= 0.3 is 0 Å². The molecule has 0 aliphatic heterocycles. The summed E-state index contributed by atoms with van der Waals surface area (Å²) >= 11 is 8.27. The first-order chi connectivity index (χ1) is 7.25. The number of nitrogens with one attached hydrogen (secondary N) is 1. The molecule has 0 aliphatic rings. The third-order valence-electron chi connectivity index (χ3n) is 1.78. The zero-order valence-corrected chi connectivity index (χ0v) is 11.7. The highest BCUT2D eigenvalue weighted by Gasteiger charge is 2.05. The van der Waals surface area contributed by atoms with E-state index in [9.17, 15) is 0 Å². The molecule has 15 heavy (non-hydrogen) atoms. The Morgan fingerprint density at radius 1 is 1.40 bits per heavy atom. The summed E-state index contributed by atoms with van der Waals surface area (Å²) in [5, 5.41) is 5.28. The molecule has 0 saturated heterocycles. The van der Waals surface area contributed by atoms with E-state index < -0.39 is 0 Å². The van der Waals surface area contributed by atoms with E-state index in [2.05, 4.69) is 42.2 Å². The second-order valence-corrected chi connectivity index (χ2v) is 5.21. The van der Waals surface area contributed by atoms with Crippen LogP contribution in [0.2, 0.25) is 0 Å². The van der Waals surface area contributed by atoms with Crippen LogP contribution in [0, 0.1) is 0 Å². The minimum Gasteiger partial charge on any atom is -0.452 e. The van der Waals surface area contributed by atoms with Gasteiger partial charge in [-0.1, -0.05) is 0 Å². The van der Waals surface area contributed by atoms with E-state index in [1.54, 1.807) is 11.3 Å². The maximum absolute atomic E-state index is 5.42. The van der Waals surface area contributed by atoms with Gasteiger partial charge in [-0.25, -0.2) is 4.98 Å². The summed E-state index contributed by atoms with van der Waals surface area (Å²) in [7, 11) is 0. The van der Waals surface area contributed by atoms with Crippen LogP contribution in [-0.4, -0.2) is 4.98 Å². The Hall–Kier alpha value is -0.170. The van der Waals surface area contributed by atoms with Crippen LogP contribution >= 0.6 is 43.2 Å². The molecule has 0 unspecified atom stereocenters. The van der Waals surface area contributed by atoms with E-state index in [0.717, 1.165) is 27.1 Å². The van der Waals surface area contributed by atoms with E-state index in [1.807, 2.05) is 17.0 Å². The topological polar surface area (TPSA) is 38.1 Å². The van der Waals surface area contributed by atoms with Crippen molar-refractivity contribution in [2.75, 3.05) is 0 Å². The van der Waals surface area contributed by atoms with Gasteiger partial charge in [0.25, 0.3) is 0 Å². The van der Waals surface area contributed by atoms with Crippen molar-refractivity contribution in [1.29, 1.82) is 0 Å². The van der Waals surface area contributed by atoms with E-state index in [1.165, 1.54) is 0 Å². The molecule has 0 fully saturated rings. The molecule has 6 heteroatoms. The van der Waals surface area contributed by atoms with Crippen molar-refractivity contribution in [2.45, 2.75) is 13.1 Å². The van der Waals surface area contributed by atoms with Crippen LogP contribution in [0.25, 0.3) is 0 Å². The molecule has 0 radical (unpaired) electrons. The van der Waals surface area contributed by atoms with Crippen LogP contribution in [0.1, 0.15) is 11.5 Å². The van der Waals surface area contributed by atoms with Gasteiger partial charge in [0.2, 0.25) is 0 Å². The van der Waals surface area contributed by atoms with Crippen molar-refractivity contribution in [1.82, 2.24) is 10.3 Å². The summed E-state index contributed by atoms with van der Waals surface area (Å²) in [6.07, 6.45) is 0. The summed E-state index contributed by atoms with van der Waals surface area (Å²) in [5.74, 6) is 0.893. The van der Waals surface area contributed by atoms with Crippen molar-refractivity contribution in [3.8, 4) is 0 Å². The van der Waals surface area contributed by atoms with Crippen LogP contribution < -0.4 is 5.32 Å². The van der Waals surface area contributed by atoms with Crippen molar-refractivity contribution < 1.29 is 4.42 Å². The predicted molar refractivity (Wildman–Crippen MR) is 66.8 cm³/mol. The monoisotopic (exact) mass is 350 g/mol.